The molecule has 6 heteroatoms. The van der Waals surface area contributed by atoms with Crippen molar-refractivity contribution in [3.63, 3.8) is 0 Å². The fraction of sp³-hybridized carbons (Fsp3) is 0.211. The Kier molecular flexibility index (Phi) is 4.22. The maximum atomic E-state index is 5.44. The first-order chi connectivity index (χ1) is 12.0. The van der Waals surface area contributed by atoms with Gasteiger partial charge in [0.05, 0.1) is 23.2 Å². The van der Waals surface area contributed by atoms with Crippen LogP contribution in [0.15, 0.2) is 51.9 Å². The lowest BCUT2D eigenvalue weighted by atomic mass is 9.90. The largest absolute Gasteiger partial charge is 0.497 e. The molecule has 0 bridgehead atoms. The van der Waals surface area contributed by atoms with Gasteiger partial charge in [0.1, 0.15) is 10.4 Å². The van der Waals surface area contributed by atoms with Gasteiger partial charge in [0.15, 0.2) is 0 Å². The van der Waals surface area contributed by atoms with Gasteiger partial charge in [0.25, 0.3) is 0 Å². The molecule has 0 aliphatic carbocycles. The Labute approximate surface area is 162 Å². The Morgan fingerprint density at radius 2 is 1.84 bits per heavy atom. The fourth-order valence-electron chi connectivity index (χ4n) is 2.98. The van der Waals surface area contributed by atoms with Gasteiger partial charge in [-0.05, 0) is 56.3 Å². The minimum absolute atomic E-state index is 0.119. The third kappa shape index (κ3) is 3.03. The van der Waals surface area contributed by atoms with Crippen LogP contribution in [0, 0.1) is 0 Å². The third-order valence-corrected chi connectivity index (χ3v) is 7.38. The maximum absolute atomic E-state index is 5.44. The van der Waals surface area contributed by atoms with Crippen molar-refractivity contribution in [1.82, 2.24) is 0 Å². The Morgan fingerprint density at radius 3 is 2.56 bits per heavy atom. The second kappa shape index (κ2) is 6.27. The zero-order valence-electron chi connectivity index (χ0n) is 14.1. The molecule has 4 rings (SSSR count). The average molecular weight is 433 g/mol. The van der Waals surface area contributed by atoms with E-state index in [2.05, 4.69) is 47.2 Å². The molecule has 2 aromatic carbocycles. The van der Waals surface area contributed by atoms with E-state index in [9.17, 15) is 0 Å². The molecule has 3 nitrogen and oxygen atoms in total. The summed E-state index contributed by atoms with van der Waals surface area (Å²) in [6.45, 7) is 4.43. The predicted molar refractivity (Wildman–Crippen MR) is 110 cm³/mol. The van der Waals surface area contributed by atoms with E-state index in [0.29, 0.717) is 0 Å². The van der Waals surface area contributed by atoms with Crippen molar-refractivity contribution in [2.45, 2.75) is 19.4 Å². The highest BCUT2D eigenvalue weighted by molar-refractivity contribution is 9.10. The summed E-state index contributed by atoms with van der Waals surface area (Å²) in [5.41, 5.74) is 4.33. The molecule has 1 aromatic heterocycles. The van der Waals surface area contributed by atoms with Crippen molar-refractivity contribution in [3.05, 3.63) is 56.5 Å². The molecule has 0 atom stereocenters. The van der Waals surface area contributed by atoms with Gasteiger partial charge in [0.2, 0.25) is 0 Å². The van der Waals surface area contributed by atoms with Gasteiger partial charge in [-0.1, -0.05) is 36.6 Å². The highest BCUT2D eigenvalue weighted by Gasteiger charge is 2.33. The van der Waals surface area contributed by atoms with Crippen LogP contribution in [0.2, 0.25) is 0 Å². The van der Waals surface area contributed by atoms with Crippen LogP contribution in [0.3, 0.4) is 0 Å². The van der Waals surface area contributed by atoms with Crippen molar-refractivity contribution in [3.8, 4) is 16.9 Å². The Balaban J connectivity index is 1.96. The quantitative estimate of drug-likeness (QED) is 0.493. The van der Waals surface area contributed by atoms with Gasteiger partial charge >= 0.3 is 0 Å². The molecule has 3 aromatic rings. The number of hydrogen-bond donors (Lipinski definition) is 1. The number of anilines is 1. The Morgan fingerprint density at radius 1 is 1.08 bits per heavy atom. The molecular formula is C19H17BrN2OS2. The summed E-state index contributed by atoms with van der Waals surface area (Å²) >= 11 is 3.48. The number of ether oxygens (including phenoxy) is 1. The van der Waals surface area contributed by atoms with E-state index >= 15 is 0 Å². The number of nitrogens with zero attached hydrogens (tertiary/aromatic N) is 1. The topological polar surface area (TPSA) is 33.6 Å². The Bertz CT molecular complexity index is 1000. The molecule has 0 fully saturated rings. The number of rotatable bonds is 2. The zero-order valence-corrected chi connectivity index (χ0v) is 17.3. The highest BCUT2D eigenvalue weighted by atomic mass is 79.9. The third-order valence-electron chi connectivity index (χ3n) is 4.21. The van der Waals surface area contributed by atoms with Crippen molar-refractivity contribution in [1.29, 1.82) is 0 Å². The lowest BCUT2D eigenvalue weighted by Crippen LogP contribution is -2.31. The maximum Gasteiger partial charge on any atom is 0.135 e. The van der Waals surface area contributed by atoms with E-state index in [-0.39, 0.29) is 5.54 Å². The molecule has 2 heterocycles. The Hall–Kier alpha value is -1.63. The van der Waals surface area contributed by atoms with Crippen molar-refractivity contribution in [2.75, 3.05) is 12.4 Å². The van der Waals surface area contributed by atoms with Gasteiger partial charge in [-0.3, -0.25) is 0 Å². The van der Waals surface area contributed by atoms with Gasteiger partial charge in [-0.25, -0.2) is 4.99 Å². The molecular weight excluding hydrogens is 416 g/mol. The second-order valence-corrected chi connectivity index (χ2v) is 9.47. The minimum Gasteiger partial charge on any atom is -0.497 e. The summed E-state index contributed by atoms with van der Waals surface area (Å²) in [5, 5.41) is 3.64. The van der Waals surface area contributed by atoms with Gasteiger partial charge in [-0.2, -0.15) is 0 Å². The highest BCUT2D eigenvalue weighted by Crippen LogP contribution is 2.46. The smallest absolute Gasteiger partial charge is 0.135 e. The van der Waals surface area contributed by atoms with Crippen LogP contribution in [-0.2, 0) is 5.54 Å². The molecule has 1 N–H and O–H groups in total. The van der Waals surface area contributed by atoms with Crippen LogP contribution < -0.4 is 14.7 Å². The van der Waals surface area contributed by atoms with Gasteiger partial charge < -0.3 is 10.1 Å². The standard InChI is InChI=1S/C19H17BrN2OS2/c1-19(2)17-16(14-10-13(23-3)8-9-15(14)22-19)18(25-24-17)21-12-6-4-11(20)5-7-12/h4-10,22H,1-3H3. The fourth-order valence-corrected chi connectivity index (χ4v) is 6.18. The van der Waals surface area contributed by atoms with Gasteiger partial charge in [-0.15, -0.1) is 0 Å². The summed E-state index contributed by atoms with van der Waals surface area (Å²) in [6, 6.07) is 14.3. The molecule has 0 unspecified atom stereocenters. The van der Waals surface area contributed by atoms with Crippen LogP contribution in [0.25, 0.3) is 11.1 Å². The molecule has 0 saturated carbocycles. The summed E-state index contributed by atoms with van der Waals surface area (Å²) < 4.78 is 7.54. The second-order valence-electron chi connectivity index (χ2n) is 6.43. The van der Waals surface area contributed by atoms with E-state index in [1.807, 2.05) is 30.3 Å². The molecule has 0 radical (unpaired) electrons. The zero-order chi connectivity index (χ0) is 17.6. The SMILES string of the molecule is COc1ccc2c(c1)-c1c(ssc1=Nc1ccc(Br)cc1)C(C)(C)N2. The summed E-state index contributed by atoms with van der Waals surface area (Å²) in [5.74, 6) is 0.858. The van der Waals surface area contributed by atoms with E-state index in [1.54, 1.807) is 27.8 Å². The van der Waals surface area contributed by atoms with Crippen LogP contribution in [0.1, 0.15) is 18.7 Å². The predicted octanol–water partition coefficient (Wildman–Crippen LogP) is 6.14. The summed E-state index contributed by atoms with van der Waals surface area (Å²) in [7, 11) is 5.22. The van der Waals surface area contributed by atoms with Gasteiger partial charge in [0, 0.05) is 21.3 Å². The monoisotopic (exact) mass is 432 g/mol. The number of methoxy groups -OCH3 is 1. The first-order valence-corrected chi connectivity index (χ1v) is 10.8. The number of benzene rings is 2. The first kappa shape index (κ1) is 16.8. The van der Waals surface area contributed by atoms with E-state index < -0.39 is 0 Å². The normalized spacial score (nSPS) is 15.3. The van der Waals surface area contributed by atoms with E-state index in [0.717, 1.165) is 31.8 Å². The summed E-state index contributed by atoms with van der Waals surface area (Å²) in [4.78, 5) is 6.23. The first-order valence-electron chi connectivity index (χ1n) is 7.88. The minimum atomic E-state index is -0.119. The molecule has 0 saturated heterocycles. The van der Waals surface area contributed by atoms with Crippen LogP contribution in [0.5, 0.6) is 5.75 Å². The van der Waals surface area contributed by atoms with Crippen LogP contribution in [-0.4, -0.2) is 7.11 Å². The van der Waals surface area contributed by atoms with E-state index in [4.69, 9.17) is 9.73 Å². The van der Waals surface area contributed by atoms with E-state index in [1.165, 1.54) is 10.4 Å². The molecule has 0 amide bonds. The molecule has 1 aliphatic rings. The van der Waals surface area contributed by atoms with Crippen LogP contribution in [0.4, 0.5) is 11.4 Å². The van der Waals surface area contributed by atoms with Crippen LogP contribution >= 0.6 is 36.6 Å². The lowest BCUT2D eigenvalue weighted by Gasteiger charge is -2.33. The molecule has 1 aliphatic heterocycles. The van der Waals surface area contributed by atoms with Crippen molar-refractivity contribution in [2.24, 2.45) is 4.99 Å². The molecule has 25 heavy (non-hydrogen) atoms. The van der Waals surface area contributed by atoms with Crippen molar-refractivity contribution >= 4 is 48.0 Å². The number of fused-ring (bicyclic) bond motifs is 3. The van der Waals surface area contributed by atoms with Crippen molar-refractivity contribution < 1.29 is 4.74 Å². The number of hydrogen-bond acceptors (Lipinski definition) is 5. The summed E-state index contributed by atoms with van der Waals surface area (Å²) in [6.07, 6.45) is 0. The molecule has 128 valence electrons. The number of halogens is 1. The average Bonchev–Trinajstić information content (AvgIpc) is 3.02. The number of nitrogens with one attached hydrogen (secondary N) is 1. The molecule has 0 spiro atoms. The lowest BCUT2D eigenvalue weighted by molar-refractivity contribution is 0.415.